The largest absolute Gasteiger partial charge is 0.444 e. The summed E-state index contributed by atoms with van der Waals surface area (Å²) in [6.45, 7) is 13.3. The van der Waals surface area contributed by atoms with Crippen LogP contribution in [0.5, 0.6) is 0 Å². The highest BCUT2D eigenvalue weighted by atomic mass is 35.5. The van der Waals surface area contributed by atoms with E-state index in [1.807, 2.05) is 57.2 Å². The van der Waals surface area contributed by atoms with Gasteiger partial charge in [-0.3, -0.25) is 9.59 Å². The van der Waals surface area contributed by atoms with Crippen LogP contribution in [0.1, 0.15) is 90.0 Å². The minimum absolute atomic E-state index is 0.119. The molecule has 0 spiro atoms. The van der Waals surface area contributed by atoms with E-state index in [0.717, 1.165) is 36.8 Å². The Morgan fingerprint density at radius 2 is 1.73 bits per heavy atom. The molecule has 2 aromatic rings. The first kappa shape index (κ1) is 31.5. The smallest absolute Gasteiger partial charge is 0.408 e. The third-order valence-corrected chi connectivity index (χ3v) is 7.43. The lowest BCUT2D eigenvalue weighted by Gasteiger charge is -2.44. The summed E-state index contributed by atoms with van der Waals surface area (Å²) in [6, 6.07) is 11.4. The number of hydrogen-bond acceptors (Lipinski definition) is 4. The molecule has 7 nitrogen and oxygen atoms in total. The fraction of sp³-hybridized carbons (Fsp3) is 0.531. The van der Waals surface area contributed by atoms with E-state index in [9.17, 15) is 14.4 Å². The number of halogens is 1. The highest BCUT2D eigenvalue weighted by molar-refractivity contribution is 6.34. The lowest BCUT2D eigenvalue weighted by molar-refractivity contribution is -0.146. The molecule has 0 heterocycles. The number of alkyl carbamates (subject to hydrolysis) is 1. The first-order valence-corrected chi connectivity index (χ1v) is 14.6. The fourth-order valence-electron chi connectivity index (χ4n) is 4.86. The summed E-state index contributed by atoms with van der Waals surface area (Å²) in [4.78, 5) is 43.0. The topological polar surface area (TPSA) is 87.7 Å². The number of carbonyl (C=O) groups is 3. The summed E-state index contributed by atoms with van der Waals surface area (Å²) < 4.78 is 5.49. The molecule has 2 aromatic carbocycles. The number of nitrogens with one attached hydrogen (secondary N) is 2. The number of ether oxygens (including phenoxy) is 1. The maximum Gasteiger partial charge on any atom is 0.408 e. The number of amides is 3. The highest BCUT2D eigenvalue weighted by Gasteiger charge is 2.42. The zero-order valence-electron chi connectivity index (χ0n) is 24.8. The molecule has 1 fully saturated rings. The molecule has 40 heavy (non-hydrogen) atoms. The van der Waals surface area contributed by atoms with Gasteiger partial charge < -0.3 is 20.3 Å². The summed E-state index contributed by atoms with van der Waals surface area (Å²) in [6.07, 6.45) is 3.16. The summed E-state index contributed by atoms with van der Waals surface area (Å²) >= 11 is 6.47. The number of anilines is 1. The molecule has 2 unspecified atom stereocenters. The lowest BCUT2D eigenvalue weighted by atomic mass is 9.87. The van der Waals surface area contributed by atoms with Gasteiger partial charge in [-0.05, 0) is 88.5 Å². The average Bonchev–Trinajstić information content (AvgIpc) is 2.83. The van der Waals surface area contributed by atoms with Gasteiger partial charge in [0.25, 0.3) is 5.91 Å². The number of benzene rings is 2. The number of nitrogens with zero attached hydrogens (tertiary/aromatic N) is 1. The molecule has 3 amide bonds. The summed E-state index contributed by atoms with van der Waals surface area (Å²) in [7, 11) is 0. The molecule has 0 saturated heterocycles. The van der Waals surface area contributed by atoms with E-state index < -0.39 is 23.8 Å². The summed E-state index contributed by atoms with van der Waals surface area (Å²) in [5, 5.41) is 6.26. The Bertz CT molecular complexity index is 1170. The maximum atomic E-state index is 14.4. The van der Waals surface area contributed by atoms with Crippen molar-refractivity contribution in [1.29, 1.82) is 0 Å². The van der Waals surface area contributed by atoms with Crippen LogP contribution in [-0.4, -0.2) is 40.5 Å². The molecule has 0 aliphatic heterocycles. The Balaban J connectivity index is 2.05. The van der Waals surface area contributed by atoms with Gasteiger partial charge in [0.2, 0.25) is 5.91 Å². The van der Waals surface area contributed by atoms with E-state index in [0.29, 0.717) is 22.7 Å². The van der Waals surface area contributed by atoms with Gasteiger partial charge in [0.05, 0.1) is 10.7 Å². The van der Waals surface area contributed by atoms with Gasteiger partial charge in [-0.15, -0.1) is 0 Å². The fourth-order valence-corrected chi connectivity index (χ4v) is 5.13. The van der Waals surface area contributed by atoms with Gasteiger partial charge in [0, 0.05) is 6.04 Å². The number of hydrogen-bond donors (Lipinski definition) is 2. The molecule has 0 aromatic heterocycles. The molecule has 2 N–H and O–H groups in total. The molecular weight excluding hydrogens is 526 g/mol. The normalized spacial score (nSPS) is 15.1. The molecule has 8 heteroatoms. The Labute approximate surface area is 244 Å². The predicted octanol–water partition coefficient (Wildman–Crippen LogP) is 7.21. The van der Waals surface area contributed by atoms with Crippen molar-refractivity contribution in [3.8, 4) is 0 Å². The van der Waals surface area contributed by atoms with Crippen LogP contribution in [0.25, 0.3) is 0 Å². The van der Waals surface area contributed by atoms with Crippen molar-refractivity contribution in [2.24, 2.45) is 5.92 Å². The Morgan fingerprint density at radius 1 is 1.07 bits per heavy atom. The van der Waals surface area contributed by atoms with Crippen molar-refractivity contribution in [2.75, 3.05) is 5.32 Å². The number of carbonyl (C=O) groups excluding carboxylic acids is 3. The van der Waals surface area contributed by atoms with Gasteiger partial charge in [-0.1, -0.05) is 68.8 Å². The first-order valence-electron chi connectivity index (χ1n) is 14.3. The van der Waals surface area contributed by atoms with Crippen LogP contribution in [0.15, 0.2) is 42.5 Å². The van der Waals surface area contributed by atoms with Gasteiger partial charge in [0.1, 0.15) is 17.7 Å². The van der Waals surface area contributed by atoms with Crippen molar-refractivity contribution in [1.82, 2.24) is 10.2 Å². The number of aryl methyl sites for hydroxylation is 2. The summed E-state index contributed by atoms with van der Waals surface area (Å²) in [5.41, 5.74) is 2.48. The molecule has 1 aliphatic carbocycles. The van der Waals surface area contributed by atoms with Crippen LogP contribution in [0, 0.1) is 12.8 Å². The van der Waals surface area contributed by atoms with Crippen molar-refractivity contribution >= 4 is 35.2 Å². The van der Waals surface area contributed by atoms with Crippen LogP contribution >= 0.6 is 11.6 Å². The molecule has 0 radical (unpaired) electrons. The molecule has 2 atom stereocenters. The standard InChI is InChI=1S/C32H44ClN3O4/c1-8-22-15-17-23(18-16-22)28(29(37)35-27-21(4)11-9-14-25(27)33)36(24-12-10-13-24)30(38)26(19-20(2)3)34-31(39)40-32(5,6)7/h9,11,14-18,20,24,26,28H,8,10,12-13,19H2,1-7H3,(H,34,39)(H,35,37). The van der Waals surface area contributed by atoms with Crippen molar-refractivity contribution in [2.45, 2.75) is 104 Å². The van der Waals surface area contributed by atoms with Crippen LogP contribution in [0.2, 0.25) is 5.02 Å². The molecule has 1 aliphatic rings. The second-order valence-corrected chi connectivity index (χ2v) is 12.5. The minimum Gasteiger partial charge on any atom is -0.444 e. The predicted molar refractivity (Wildman–Crippen MR) is 160 cm³/mol. The maximum absolute atomic E-state index is 14.4. The van der Waals surface area contributed by atoms with E-state index in [4.69, 9.17) is 16.3 Å². The third-order valence-electron chi connectivity index (χ3n) is 7.12. The van der Waals surface area contributed by atoms with Crippen LogP contribution in [-0.2, 0) is 20.7 Å². The average molecular weight is 570 g/mol. The van der Waals surface area contributed by atoms with E-state index in [1.54, 1.807) is 31.7 Å². The van der Waals surface area contributed by atoms with Crippen LogP contribution in [0.4, 0.5) is 10.5 Å². The monoisotopic (exact) mass is 569 g/mol. The Hall–Kier alpha value is -3.06. The second kappa shape index (κ2) is 13.5. The van der Waals surface area contributed by atoms with Gasteiger partial charge >= 0.3 is 6.09 Å². The third kappa shape index (κ3) is 8.23. The molecule has 1 saturated carbocycles. The van der Waals surface area contributed by atoms with Crippen molar-refractivity contribution < 1.29 is 19.1 Å². The molecule has 218 valence electrons. The molecule has 0 bridgehead atoms. The molecular formula is C32H44ClN3O4. The van der Waals surface area contributed by atoms with Crippen molar-refractivity contribution in [3.63, 3.8) is 0 Å². The quantitative estimate of drug-likeness (QED) is 0.316. The van der Waals surface area contributed by atoms with Crippen molar-refractivity contribution in [3.05, 3.63) is 64.2 Å². The van der Waals surface area contributed by atoms with Gasteiger partial charge in [-0.2, -0.15) is 0 Å². The number of rotatable bonds is 10. The Kier molecular flexibility index (Phi) is 10.6. The van der Waals surface area contributed by atoms with Gasteiger partial charge in [0.15, 0.2) is 0 Å². The summed E-state index contributed by atoms with van der Waals surface area (Å²) in [5.74, 6) is -0.518. The SMILES string of the molecule is CCc1ccc(C(C(=O)Nc2c(C)cccc2Cl)N(C(=O)C(CC(C)C)NC(=O)OC(C)(C)C)C2CCC2)cc1. The Morgan fingerprint density at radius 3 is 2.23 bits per heavy atom. The zero-order chi connectivity index (χ0) is 29.6. The van der Waals surface area contributed by atoms with E-state index in [2.05, 4.69) is 17.6 Å². The highest BCUT2D eigenvalue weighted by Crippen LogP contribution is 2.36. The molecule has 3 rings (SSSR count). The van der Waals surface area contributed by atoms with E-state index in [1.165, 1.54) is 0 Å². The second-order valence-electron chi connectivity index (χ2n) is 12.1. The van der Waals surface area contributed by atoms with E-state index >= 15 is 0 Å². The number of para-hydroxylation sites is 1. The van der Waals surface area contributed by atoms with Gasteiger partial charge in [-0.25, -0.2) is 4.79 Å². The van der Waals surface area contributed by atoms with Crippen LogP contribution in [0.3, 0.4) is 0 Å². The lowest BCUT2D eigenvalue weighted by Crippen LogP contribution is -2.57. The first-order chi connectivity index (χ1) is 18.8. The minimum atomic E-state index is -0.908. The zero-order valence-corrected chi connectivity index (χ0v) is 25.6. The van der Waals surface area contributed by atoms with E-state index in [-0.39, 0.29) is 23.8 Å². The van der Waals surface area contributed by atoms with Crippen LogP contribution < -0.4 is 10.6 Å².